The van der Waals surface area contributed by atoms with Gasteiger partial charge in [-0.15, -0.1) is 0 Å². The van der Waals surface area contributed by atoms with Crippen LogP contribution in [0.5, 0.6) is 0 Å². The smallest absolute Gasteiger partial charge is 0.0587 e. The number of hydrogen-bond acceptors (Lipinski definition) is 2. The molecule has 1 N–H and O–H groups in total. The highest BCUT2D eigenvalue weighted by molar-refractivity contribution is 5.82. The van der Waals surface area contributed by atoms with Crippen molar-refractivity contribution in [3.63, 3.8) is 0 Å². The van der Waals surface area contributed by atoms with Gasteiger partial charge in [-0.3, -0.25) is 4.90 Å². The van der Waals surface area contributed by atoms with E-state index in [2.05, 4.69) is 47.4 Å². The monoisotopic (exact) mass is 241 g/mol. The summed E-state index contributed by atoms with van der Waals surface area (Å²) >= 11 is 0. The van der Waals surface area contributed by atoms with Crippen LogP contribution < -0.4 is 0 Å². The number of fused-ring (bicyclic) bond motifs is 1. The summed E-state index contributed by atoms with van der Waals surface area (Å²) in [6.07, 6.45) is 2.34. The molecule has 18 heavy (non-hydrogen) atoms. The molecule has 0 saturated carbocycles. The first-order valence-electron chi connectivity index (χ1n) is 6.69. The molecule has 1 atom stereocenters. The van der Waals surface area contributed by atoms with Crippen molar-refractivity contribution in [2.24, 2.45) is 0 Å². The quantitative estimate of drug-likeness (QED) is 0.893. The van der Waals surface area contributed by atoms with Crippen molar-refractivity contribution in [3.05, 3.63) is 48.0 Å². The molecule has 2 aromatic carbocycles. The highest BCUT2D eigenvalue weighted by Gasteiger charge is 2.23. The number of likely N-dealkylation sites (tertiary alicyclic amines) is 1. The van der Waals surface area contributed by atoms with Crippen LogP contribution in [0.25, 0.3) is 10.8 Å². The van der Waals surface area contributed by atoms with Crippen molar-refractivity contribution in [1.29, 1.82) is 0 Å². The Morgan fingerprint density at radius 3 is 2.78 bits per heavy atom. The number of aliphatic hydroxyl groups excluding tert-OH is 1. The summed E-state index contributed by atoms with van der Waals surface area (Å²) in [5.41, 5.74) is 1.34. The van der Waals surface area contributed by atoms with Gasteiger partial charge in [-0.1, -0.05) is 36.4 Å². The van der Waals surface area contributed by atoms with Gasteiger partial charge in [-0.25, -0.2) is 0 Å². The minimum absolute atomic E-state index is 0.285. The lowest BCUT2D eigenvalue weighted by atomic mass is 10.1. The van der Waals surface area contributed by atoms with Gasteiger partial charge in [0.15, 0.2) is 0 Å². The van der Waals surface area contributed by atoms with Crippen LogP contribution in [0.4, 0.5) is 0 Å². The Kier molecular flexibility index (Phi) is 3.31. The maximum Gasteiger partial charge on any atom is 0.0587 e. The van der Waals surface area contributed by atoms with Crippen molar-refractivity contribution >= 4 is 10.8 Å². The first kappa shape index (κ1) is 11.7. The number of nitrogens with zero attached hydrogens (tertiary/aromatic N) is 1. The molecule has 1 heterocycles. The van der Waals surface area contributed by atoms with Gasteiger partial charge >= 0.3 is 0 Å². The number of aliphatic hydroxyl groups is 1. The normalized spacial score (nSPS) is 20.6. The van der Waals surface area contributed by atoms with Gasteiger partial charge in [0.05, 0.1) is 6.61 Å². The van der Waals surface area contributed by atoms with E-state index in [-0.39, 0.29) is 6.61 Å². The Hall–Kier alpha value is -1.38. The average molecular weight is 241 g/mol. The predicted molar refractivity (Wildman–Crippen MR) is 74.5 cm³/mol. The number of rotatable bonds is 3. The summed E-state index contributed by atoms with van der Waals surface area (Å²) in [5, 5.41) is 11.9. The molecule has 94 valence electrons. The average Bonchev–Trinajstić information content (AvgIpc) is 2.86. The predicted octanol–water partition coefficient (Wildman–Crippen LogP) is 2.80. The largest absolute Gasteiger partial charge is 0.395 e. The second-order valence-corrected chi connectivity index (χ2v) is 5.13. The molecule has 0 unspecified atom stereocenters. The van der Waals surface area contributed by atoms with Gasteiger partial charge in [0, 0.05) is 12.6 Å². The highest BCUT2D eigenvalue weighted by Crippen LogP contribution is 2.22. The van der Waals surface area contributed by atoms with Gasteiger partial charge in [-0.05, 0) is 41.8 Å². The third-order valence-electron chi connectivity index (χ3n) is 3.91. The minimum atomic E-state index is 0.285. The number of benzene rings is 2. The summed E-state index contributed by atoms with van der Waals surface area (Å²) in [6, 6.07) is 15.5. The molecule has 0 spiro atoms. The van der Waals surface area contributed by atoms with E-state index in [9.17, 15) is 5.11 Å². The lowest BCUT2D eigenvalue weighted by Crippen LogP contribution is -2.31. The third-order valence-corrected chi connectivity index (χ3v) is 3.91. The molecule has 2 nitrogen and oxygen atoms in total. The molecule has 1 saturated heterocycles. The van der Waals surface area contributed by atoms with E-state index in [4.69, 9.17) is 0 Å². The summed E-state index contributed by atoms with van der Waals surface area (Å²) in [4.78, 5) is 2.39. The third kappa shape index (κ3) is 2.26. The fourth-order valence-electron chi connectivity index (χ4n) is 2.88. The van der Waals surface area contributed by atoms with Gasteiger partial charge in [-0.2, -0.15) is 0 Å². The van der Waals surface area contributed by atoms with E-state index in [0.29, 0.717) is 6.04 Å². The van der Waals surface area contributed by atoms with E-state index in [1.807, 2.05) is 0 Å². The standard InChI is InChI=1S/C16H19NO/c18-12-16-6-3-9-17(16)11-13-7-8-14-4-1-2-5-15(14)10-13/h1-2,4-5,7-8,10,16,18H,3,6,9,11-12H2/t16-/m1/s1. The number of hydrogen-bond donors (Lipinski definition) is 1. The van der Waals surface area contributed by atoms with E-state index in [1.54, 1.807) is 0 Å². The second-order valence-electron chi connectivity index (χ2n) is 5.13. The Morgan fingerprint density at radius 2 is 1.94 bits per heavy atom. The van der Waals surface area contributed by atoms with Gasteiger partial charge < -0.3 is 5.11 Å². The van der Waals surface area contributed by atoms with E-state index in [0.717, 1.165) is 19.5 Å². The molecule has 0 radical (unpaired) electrons. The van der Waals surface area contributed by atoms with Gasteiger partial charge in [0.1, 0.15) is 0 Å². The fourth-order valence-corrected chi connectivity index (χ4v) is 2.88. The fraction of sp³-hybridized carbons (Fsp3) is 0.375. The molecule has 0 amide bonds. The molecule has 1 aliphatic heterocycles. The minimum Gasteiger partial charge on any atom is -0.395 e. The Labute approximate surface area is 108 Å². The second kappa shape index (κ2) is 5.09. The molecule has 2 aromatic rings. The topological polar surface area (TPSA) is 23.5 Å². The maximum absolute atomic E-state index is 9.34. The van der Waals surface area contributed by atoms with E-state index >= 15 is 0 Å². The summed E-state index contributed by atoms with van der Waals surface area (Å²) in [6.45, 7) is 2.35. The van der Waals surface area contributed by atoms with Crippen LogP contribution in [0.3, 0.4) is 0 Å². The Bertz CT molecular complexity index is 537. The van der Waals surface area contributed by atoms with Crippen molar-refractivity contribution < 1.29 is 5.11 Å². The lowest BCUT2D eigenvalue weighted by molar-refractivity contribution is 0.153. The summed E-state index contributed by atoms with van der Waals surface area (Å²) in [5.74, 6) is 0. The molecule has 2 heteroatoms. The van der Waals surface area contributed by atoms with Crippen molar-refractivity contribution in [2.75, 3.05) is 13.2 Å². The SMILES string of the molecule is OC[C@H]1CCCN1Cc1ccc2ccccc2c1. The van der Waals surface area contributed by atoms with Crippen molar-refractivity contribution in [2.45, 2.75) is 25.4 Å². The molecule has 1 fully saturated rings. The van der Waals surface area contributed by atoms with E-state index < -0.39 is 0 Å². The van der Waals surface area contributed by atoms with Crippen LogP contribution in [0, 0.1) is 0 Å². The van der Waals surface area contributed by atoms with Gasteiger partial charge in [0.25, 0.3) is 0 Å². The molecular formula is C16H19NO. The molecule has 3 rings (SSSR count). The van der Waals surface area contributed by atoms with E-state index in [1.165, 1.54) is 22.8 Å². The highest BCUT2D eigenvalue weighted by atomic mass is 16.3. The van der Waals surface area contributed by atoms with Crippen LogP contribution in [0.1, 0.15) is 18.4 Å². The zero-order valence-corrected chi connectivity index (χ0v) is 10.5. The molecule has 0 bridgehead atoms. The molecule has 0 aromatic heterocycles. The molecular weight excluding hydrogens is 222 g/mol. The first-order chi connectivity index (χ1) is 8.86. The Balaban J connectivity index is 1.82. The Morgan fingerprint density at radius 1 is 1.11 bits per heavy atom. The molecule has 0 aliphatic carbocycles. The van der Waals surface area contributed by atoms with Gasteiger partial charge in [0.2, 0.25) is 0 Å². The zero-order chi connectivity index (χ0) is 12.4. The first-order valence-corrected chi connectivity index (χ1v) is 6.69. The van der Waals surface area contributed by atoms with Crippen LogP contribution in [0.15, 0.2) is 42.5 Å². The maximum atomic E-state index is 9.34. The lowest BCUT2D eigenvalue weighted by Gasteiger charge is -2.22. The zero-order valence-electron chi connectivity index (χ0n) is 10.5. The van der Waals surface area contributed by atoms with Crippen molar-refractivity contribution in [1.82, 2.24) is 4.90 Å². The van der Waals surface area contributed by atoms with Crippen LogP contribution in [-0.4, -0.2) is 29.2 Å². The van der Waals surface area contributed by atoms with Crippen LogP contribution in [-0.2, 0) is 6.54 Å². The summed E-state index contributed by atoms with van der Waals surface area (Å²) < 4.78 is 0. The van der Waals surface area contributed by atoms with Crippen LogP contribution >= 0.6 is 0 Å². The molecule has 1 aliphatic rings. The summed E-state index contributed by atoms with van der Waals surface area (Å²) in [7, 11) is 0. The van der Waals surface area contributed by atoms with Crippen LogP contribution in [0.2, 0.25) is 0 Å². The van der Waals surface area contributed by atoms with Crippen molar-refractivity contribution in [3.8, 4) is 0 Å².